The van der Waals surface area contributed by atoms with E-state index in [1.165, 1.54) is 16.5 Å². The number of hydrogen-bond donors (Lipinski definition) is 2. The molecule has 0 spiro atoms. The van der Waals surface area contributed by atoms with Crippen LogP contribution in [0.4, 0.5) is 11.5 Å². The maximum absolute atomic E-state index is 12.7. The van der Waals surface area contributed by atoms with Crippen LogP contribution in [-0.2, 0) is 20.9 Å². The first-order valence-corrected chi connectivity index (χ1v) is 10.5. The normalized spacial score (nSPS) is 21.1. The molecule has 0 aromatic carbocycles. The number of aromatic nitrogens is 2. The number of anilines is 2. The summed E-state index contributed by atoms with van der Waals surface area (Å²) < 4.78 is 1.24. The molecule has 3 rings (SSSR count). The summed E-state index contributed by atoms with van der Waals surface area (Å²) in [6, 6.07) is 0. The standard InChI is InChI=1S/C20H29N5O5/c1-3-4-10-24-16(21)15(17(27)22-20(24)30)23(2)14(26)9-11-25-18(28)12-7-5-6-8-13(12)19(25)29/h12-13H,3-11,21H2,1-2H3,(H,22,27,30)/t12-,13-/m1/s1. The molecule has 3 N–H and O–H groups in total. The van der Waals surface area contributed by atoms with E-state index >= 15 is 0 Å². The highest BCUT2D eigenvalue weighted by Gasteiger charge is 2.47. The molecule has 10 heteroatoms. The highest BCUT2D eigenvalue weighted by Crippen LogP contribution is 2.38. The number of likely N-dealkylation sites (tertiary alicyclic amines) is 1. The predicted octanol–water partition coefficient (Wildman–Crippen LogP) is 0.447. The number of H-pyrrole nitrogens is 1. The van der Waals surface area contributed by atoms with E-state index in [1.807, 2.05) is 6.92 Å². The van der Waals surface area contributed by atoms with Gasteiger partial charge in [-0.2, -0.15) is 0 Å². The number of rotatable bonds is 7. The van der Waals surface area contributed by atoms with Crippen LogP contribution in [0.1, 0.15) is 51.9 Å². The monoisotopic (exact) mass is 419 g/mol. The Morgan fingerprint density at radius 2 is 1.70 bits per heavy atom. The number of nitrogen functional groups attached to an aromatic ring is 1. The SMILES string of the molecule is CCCCn1c(N)c(N(C)C(=O)CCN2C(=O)[C@@H]3CCCC[C@H]3C2=O)c(=O)[nH]c1=O. The summed E-state index contributed by atoms with van der Waals surface area (Å²) in [5.74, 6) is -1.48. The lowest BCUT2D eigenvalue weighted by Gasteiger charge is -2.21. The summed E-state index contributed by atoms with van der Waals surface area (Å²) in [6.45, 7) is 2.26. The van der Waals surface area contributed by atoms with E-state index in [9.17, 15) is 24.0 Å². The van der Waals surface area contributed by atoms with Crippen molar-refractivity contribution in [2.24, 2.45) is 11.8 Å². The zero-order valence-corrected chi connectivity index (χ0v) is 17.5. The minimum absolute atomic E-state index is 0.0267. The van der Waals surface area contributed by atoms with Crippen molar-refractivity contribution in [3.8, 4) is 0 Å². The van der Waals surface area contributed by atoms with Crippen molar-refractivity contribution in [2.75, 3.05) is 24.2 Å². The maximum Gasteiger partial charge on any atom is 0.330 e. The van der Waals surface area contributed by atoms with Gasteiger partial charge in [0.05, 0.1) is 11.8 Å². The quantitative estimate of drug-likeness (QED) is 0.615. The molecule has 2 atom stereocenters. The van der Waals surface area contributed by atoms with Crippen molar-refractivity contribution < 1.29 is 14.4 Å². The van der Waals surface area contributed by atoms with Gasteiger partial charge in [0, 0.05) is 26.6 Å². The molecule has 1 saturated heterocycles. The van der Waals surface area contributed by atoms with Crippen LogP contribution >= 0.6 is 0 Å². The summed E-state index contributed by atoms with van der Waals surface area (Å²) in [7, 11) is 1.39. The molecule has 0 unspecified atom stereocenters. The largest absolute Gasteiger partial charge is 0.383 e. The van der Waals surface area contributed by atoms with Crippen LogP contribution in [0.5, 0.6) is 0 Å². The van der Waals surface area contributed by atoms with Crippen molar-refractivity contribution in [3.63, 3.8) is 0 Å². The third-order valence-electron chi connectivity index (χ3n) is 6.14. The number of hydrogen-bond acceptors (Lipinski definition) is 6. The second-order valence-electron chi connectivity index (χ2n) is 8.03. The van der Waals surface area contributed by atoms with Gasteiger partial charge in [-0.1, -0.05) is 26.2 Å². The molecule has 0 radical (unpaired) electrons. The Labute approximate surface area is 174 Å². The van der Waals surface area contributed by atoms with Crippen LogP contribution < -0.4 is 21.9 Å². The van der Waals surface area contributed by atoms with Gasteiger partial charge in [-0.15, -0.1) is 0 Å². The Balaban J connectivity index is 1.73. The third-order valence-corrected chi connectivity index (χ3v) is 6.14. The van der Waals surface area contributed by atoms with E-state index in [2.05, 4.69) is 4.98 Å². The fourth-order valence-electron chi connectivity index (χ4n) is 4.39. The molecule has 1 aromatic heterocycles. The van der Waals surface area contributed by atoms with Crippen LogP contribution in [0.15, 0.2) is 9.59 Å². The molecule has 2 aliphatic rings. The molecule has 30 heavy (non-hydrogen) atoms. The lowest BCUT2D eigenvalue weighted by atomic mass is 9.81. The second kappa shape index (κ2) is 8.85. The van der Waals surface area contributed by atoms with Gasteiger partial charge in [0.2, 0.25) is 17.7 Å². The number of nitrogens with zero attached hydrogens (tertiary/aromatic N) is 3. The van der Waals surface area contributed by atoms with Crippen molar-refractivity contribution in [1.82, 2.24) is 14.5 Å². The molecule has 10 nitrogen and oxygen atoms in total. The van der Waals surface area contributed by atoms with Crippen molar-refractivity contribution >= 4 is 29.2 Å². The van der Waals surface area contributed by atoms with Gasteiger partial charge in [0.15, 0.2) is 5.69 Å². The molecule has 1 saturated carbocycles. The summed E-state index contributed by atoms with van der Waals surface area (Å²) in [6.07, 6.45) is 4.69. The smallest absolute Gasteiger partial charge is 0.330 e. The molecular formula is C20H29N5O5. The number of carbonyl (C=O) groups is 3. The van der Waals surface area contributed by atoms with Crippen LogP contribution in [0.2, 0.25) is 0 Å². The molecule has 2 heterocycles. The zero-order valence-electron chi connectivity index (χ0n) is 17.5. The van der Waals surface area contributed by atoms with E-state index in [0.717, 1.165) is 24.2 Å². The first kappa shape index (κ1) is 21.8. The van der Waals surface area contributed by atoms with Gasteiger partial charge < -0.3 is 10.6 Å². The topological polar surface area (TPSA) is 139 Å². The van der Waals surface area contributed by atoms with E-state index in [-0.39, 0.29) is 48.1 Å². The van der Waals surface area contributed by atoms with Crippen molar-refractivity contribution in [2.45, 2.75) is 58.4 Å². The number of aromatic amines is 1. The predicted molar refractivity (Wildman–Crippen MR) is 111 cm³/mol. The van der Waals surface area contributed by atoms with Gasteiger partial charge >= 0.3 is 5.69 Å². The lowest BCUT2D eigenvalue weighted by molar-refractivity contribution is -0.140. The number of unbranched alkanes of at least 4 members (excludes halogenated alkanes) is 1. The molecule has 1 aliphatic heterocycles. The van der Waals surface area contributed by atoms with Gasteiger partial charge in [-0.25, -0.2) is 4.79 Å². The van der Waals surface area contributed by atoms with Crippen LogP contribution in [0, 0.1) is 11.8 Å². The molecule has 1 aromatic rings. The Morgan fingerprint density at radius 3 is 2.27 bits per heavy atom. The number of imide groups is 1. The van der Waals surface area contributed by atoms with Gasteiger partial charge in [0.25, 0.3) is 5.56 Å². The third kappa shape index (κ3) is 3.90. The lowest BCUT2D eigenvalue weighted by Crippen LogP contribution is -2.41. The summed E-state index contributed by atoms with van der Waals surface area (Å²) >= 11 is 0. The van der Waals surface area contributed by atoms with Gasteiger partial charge in [-0.05, 0) is 19.3 Å². The van der Waals surface area contributed by atoms with E-state index in [0.29, 0.717) is 25.8 Å². The second-order valence-corrected chi connectivity index (χ2v) is 8.03. The molecule has 0 bridgehead atoms. The number of amides is 3. The van der Waals surface area contributed by atoms with Gasteiger partial charge in [-0.3, -0.25) is 33.6 Å². The highest BCUT2D eigenvalue weighted by atomic mass is 16.2. The molecule has 3 amide bonds. The summed E-state index contributed by atoms with van der Waals surface area (Å²) in [5.41, 5.74) is 4.56. The van der Waals surface area contributed by atoms with E-state index < -0.39 is 17.2 Å². The summed E-state index contributed by atoms with van der Waals surface area (Å²) in [4.78, 5) is 66.7. The van der Waals surface area contributed by atoms with Crippen molar-refractivity contribution in [3.05, 3.63) is 20.8 Å². The van der Waals surface area contributed by atoms with Gasteiger partial charge in [0.1, 0.15) is 5.82 Å². The average molecular weight is 419 g/mol. The summed E-state index contributed by atoms with van der Waals surface area (Å²) in [5, 5.41) is 0. The minimum atomic E-state index is -0.750. The fraction of sp³-hybridized carbons (Fsp3) is 0.650. The first-order chi connectivity index (χ1) is 14.3. The maximum atomic E-state index is 12.7. The fourth-order valence-corrected chi connectivity index (χ4v) is 4.39. The molecule has 164 valence electrons. The Kier molecular flexibility index (Phi) is 6.42. The van der Waals surface area contributed by atoms with E-state index in [4.69, 9.17) is 5.73 Å². The number of fused-ring (bicyclic) bond motifs is 1. The Morgan fingerprint density at radius 1 is 1.10 bits per heavy atom. The van der Waals surface area contributed by atoms with E-state index in [1.54, 1.807) is 0 Å². The minimum Gasteiger partial charge on any atom is -0.383 e. The number of nitrogens with one attached hydrogen (secondary N) is 1. The highest BCUT2D eigenvalue weighted by molar-refractivity contribution is 6.05. The molecular weight excluding hydrogens is 390 g/mol. The van der Waals surface area contributed by atoms with Crippen LogP contribution in [0.25, 0.3) is 0 Å². The molecule has 1 aliphatic carbocycles. The van der Waals surface area contributed by atoms with Crippen LogP contribution in [0.3, 0.4) is 0 Å². The number of nitrogens with two attached hydrogens (primary N) is 1. The Hall–Kier alpha value is -2.91. The first-order valence-electron chi connectivity index (χ1n) is 10.5. The van der Waals surface area contributed by atoms with Crippen molar-refractivity contribution in [1.29, 1.82) is 0 Å². The number of carbonyl (C=O) groups excluding carboxylic acids is 3. The van der Waals surface area contributed by atoms with Crippen LogP contribution in [-0.4, -0.2) is 45.8 Å². The molecule has 2 fully saturated rings. The average Bonchev–Trinajstić information content (AvgIpc) is 2.96. The Bertz CT molecular complexity index is 941. The zero-order chi connectivity index (χ0) is 22.0.